The van der Waals surface area contributed by atoms with Crippen LogP contribution in [0, 0.1) is 0 Å². The van der Waals surface area contributed by atoms with Crippen molar-refractivity contribution in [3.8, 4) is 0 Å². The highest BCUT2D eigenvalue weighted by molar-refractivity contribution is 5.74. The van der Waals surface area contributed by atoms with Crippen molar-refractivity contribution in [2.75, 3.05) is 13.2 Å². The predicted molar refractivity (Wildman–Crippen MR) is 81.7 cm³/mol. The SMILES string of the molecule is CCCC(C)(CO)NC(=O)NCCCc1ccccc1. The summed E-state index contributed by atoms with van der Waals surface area (Å²) in [4.78, 5) is 11.8. The number of benzene rings is 1. The first-order valence-corrected chi connectivity index (χ1v) is 7.30. The van der Waals surface area contributed by atoms with E-state index in [-0.39, 0.29) is 12.6 Å². The minimum atomic E-state index is -0.530. The van der Waals surface area contributed by atoms with Gasteiger partial charge in [0.05, 0.1) is 12.1 Å². The van der Waals surface area contributed by atoms with Gasteiger partial charge in [0.1, 0.15) is 0 Å². The summed E-state index contributed by atoms with van der Waals surface area (Å²) in [5.41, 5.74) is 0.749. The van der Waals surface area contributed by atoms with Crippen LogP contribution in [0.5, 0.6) is 0 Å². The van der Waals surface area contributed by atoms with Gasteiger partial charge in [-0.25, -0.2) is 4.79 Å². The van der Waals surface area contributed by atoms with E-state index in [0.717, 1.165) is 25.7 Å². The smallest absolute Gasteiger partial charge is 0.315 e. The first kappa shape index (κ1) is 16.5. The Hall–Kier alpha value is -1.55. The Morgan fingerprint density at radius 1 is 1.30 bits per heavy atom. The normalized spacial score (nSPS) is 13.6. The molecule has 0 bridgehead atoms. The fourth-order valence-electron chi connectivity index (χ4n) is 2.19. The highest BCUT2D eigenvalue weighted by Crippen LogP contribution is 2.10. The molecule has 0 aliphatic rings. The zero-order chi connectivity index (χ0) is 14.8. The first-order valence-electron chi connectivity index (χ1n) is 7.30. The predicted octanol–water partition coefficient (Wildman–Crippen LogP) is 2.47. The summed E-state index contributed by atoms with van der Waals surface area (Å²) >= 11 is 0. The lowest BCUT2D eigenvalue weighted by Crippen LogP contribution is -2.52. The average Bonchev–Trinajstić information content (AvgIpc) is 2.45. The molecule has 1 unspecified atom stereocenters. The van der Waals surface area contributed by atoms with Gasteiger partial charge in [0, 0.05) is 6.54 Å². The molecular formula is C16H26N2O2. The third kappa shape index (κ3) is 6.06. The van der Waals surface area contributed by atoms with Crippen LogP contribution >= 0.6 is 0 Å². The molecule has 3 N–H and O–H groups in total. The minimum absolute atomic E-state index is 0.0434. The second-order valence-corrected chi connectivity index (χ2v) is 5.44. The summed E-state index contributed by atoms with van der Waals surface area (Å²) in [7, 11) is 0. The van der Waals surface area contributed by atoms with Crippen LogP contribution in [0.2, 0.25) is 0 Å². The van der Waals surface area contributed by atoms with E-state index in [4.69, 9.17) is 0 Å². The number of rotatable bonds is 8. The molecule has 0 spiro atoms. The Kier molecular flexibility index (Phi) is 7.09. The van der Waals surface area contributed by atoms with Crippen LogP contribution in [-0.2, 0) is 6.42 Å². The molecule has 0 heterocycles. The van der Waals surface area contributed by atoms with Gasteiger partial charge in [-0.05, 0) is 31.7 Å². The van der Waals surface area contributed by atoms with Gasteiger partial charge in [0.2, 0.25) is 0 Å². The second-order valence-electron chi connectivity index (χ2n) is 5.44. The number of hydrogen-bond donors (Lipinski definition) is 3. The van der Waals surface area contributed by atoms with Crippen molar-refractivity contribution in [1.82, 2.24) is 10.6 Å². The molecule has 4 nitrogen and oxygen atoms in total. The molecule has 2 amide bonds. The Balaban J connectivity index is 2.23. The molecule has 0 saturated carbocycles. The largest absolute Gasteiger partial charge is 0.394 e. The van der Waals surface area contributed by atoms with Crippen LogP contribution in [0.15, 0.2) is 30.3 Å². The van der Waals surface area contributed by atoms with Crippen molar-refractivity contribution in [3.63, 3.8) is 0 Å². The molecule has 0 aliphatic heterocycles. The summed E-state index contributed by atoms with van der Waals surface area (Å²) in [6.45, 7) is 4.49. The Morgan fingerprint density at radius 2 is 2.00 bits per heavy atom. The van der Waals surface area contributed by atoms with Gasteiger partial charge < -0.3 is 15.7 Å². The lowest BCUT2D eigenvalue weighted by atomic mass is 9.98. The fraction of sp³-hybridized carbons (Fsp3) is 0.562. The molecule has 20 heavy (non-hydrogen) atoms. The topological polar surface area (TPSA) is 61.4 Å². The summed E-state index contributed by atoms with van der Waals surface area (Å²) in [6, 6.07) is 10.0. The number of aryl methyl sites for hydroxylation is 1. The number of aliphatic hydroxyl groups is 1. The quantitative estimate of drug-likeness (QED) is 0.640. The van der Waals surface area contributed by atoms with Crippen LogP contribution in [0.3, 0.4) is 0 Å². The maximum atomic E-state index is 11.8. The number of hydrogen-bond acceptors (Lipinski definition) is 2. The molecule has 1 aromatic carbocycles. The molecule has 0 fully saturated rings. The number of carbonyl (C=O) groups excluding carboxylic acids is 1. The van der Waals surface area contributed by atoms with E-state index in [1.165, 1.54) is 5.56 Å². The number of carbonyl (C=O) groups is 1. The van der Waals surface area contributed by atoms with E-state index in [9.17, 15) is 9.90 Å². The van der Waals surface area contributed by atoms with Crippen molar-refractivity contribution in [2.45, 2.75) is 45.1 Å². The van der Waals surface area contributed by atoms with E-state index < -0.39 is 5.54 Å². The number of urea groups is 1. The van der Waals surface area contributed by atoms with Gasteiger partial charge in [-0.15, -0.1) is 0 Å². The van der Waals surface area contributed by atoms with Gasteiger partial charge in [-0.3, -0.25) is 0 Å². The fourth-order valence-corrected chi connectivity index (χ4v) is 2.19. The first-order chi connectivity index (χ1) is 9.59. The van der Waals surface area contributed by atoms with Crippen molar-refractivity contribution in [3.05, 3.63) is 35.9 Å². The van der Waals surface area contributed by atoms with Crippen LogP contribution in [0.1, 0.15) is 38.7 Å². The zero-order valence-corrected chi connectivity index (χ0v) is 12.5. The summed E-state index contributed by atoms with van der Waals surface area (Å²) in [5.74, 6) is 0. The zero-order valence-electron chi connectivity index (χ0n) is 12.5. The molecule has 0 aromatic heterocycles. The van der Waals surface area contributed by atoms with Crippen LogP contribution in [-0.4, -0.2) is 29.8 Å². The molecule has 4 heteroatoms. The summed E-state index contributed by atoms with van der Waals surface area (Å²) in [6.07, 6.45) is 3.54. The van der Waals surface area contributed by atoms with Crippen LogP contribution < -0.4 is 10.6 Å². The van der Waals surface area contributed by atoms with Crippen molar-refractivity contribution in [1.29, 1.82) is 0 Å². The monoisotopic (exact) mass is 278 g/mol. The summed E-state index contributed by atoms with van der Waals surface area (Å²) < 4.78 is 0. The third-order valence-corrected chi connectivity index (χ3v) is 3.34. The molecule has 0 radical (unpaired) electrons. The number of aliphatic hydroxyl groups excluding tert-OH is 1. The lowest BCUT2D eigenvalue weighted by Gasteiger charge is -2.28. The Labute approximate surface area is 121 Å². The number of amides is 2. The maximum Gasteiger partial charge on any atom is 0.315 e. The minimum Gasteiger partial charge on any atom is -0.394 e. The van der Waals surface area contributed by atoms with Crippen molar-refractivity contribution in [2.24, 2.45) is 0 Å². The van der Waals surface area contributed by atoms with Gasteiger partial charge in [0.25, 0.3) is 0 Å². The molecule has 1 atom stereocenters. The van der Waals surface area contributed by atoms with Crippen molar-refractivity contribution >= 4 is 6.03 Å². The average molecular weight is 278 g/mol. The van der Waals surface area contributed by atoms with E-state index >= 15 is 0 Å². The van der Waals surface area contributed by atoms with Gasteiger partial charge >= 0.3 is 6.03 Å². The highest BCUT2D eigenvalue weighted by atomic mass is 16.3. The molecular weight excluding hydrogens is 252 g/mol. The molecule has 1 aromatic rings. The molecule has 112 valence electrons. The number of nitrogens with one attached hydrogen (secondary N) is 2. The second kappa shape index (κ2) is 8.59. The maximum absolute atomic E-state index is 11.8. The third-order valence-electron chi connectivity index (χ3n) is 3.34. The Morgan fingerprint density at radius 3 is 2.60 bits per heavy atom. The van der Waals surface area contributed by atoms with Crippen LogP contribution in [0.25, 0.3) is 0 Å². The molecule has 1 rings (SSSR count). The summed E-state index contributed by atoms with van der Waals surface area (Å²) in [5, 5.41) is 15.0. The van der Waals surface area contributed by atoms with Gasteiger partial charge in [-0.1, -0.05) is 43.7 Å². The van der Waals surface area contributed by atoms with Crippen LogP contribution in [0.4, 0.5) is 4.79 Å². The van der Waals surface area contributed by atoms with E-state index in [2.05, 4.69) is 22.8 Å². The lowest BCUT2D eigenvalue weighted by molar-refractivity contribution is 0.163. The standard InChI is InChI=1S/C16H26N2O2/c1-3-11-16(2,13-19)18-15(20)17-12-7-10-14-8-5-4-6-9-14/h4-6,8-9,19H,3,7,10-13H2,1-2H3,(H2,17,18,20). The van der Waals surface area contributed by atoms with Crippen molar-refractivity contribution < 1.29 is 9.90 Å². The Bertz CT molecular complexity index is 395. The van der Waals surface area contributed by atoms with Gasteiger partial charge in [-0.2, -0.15) is 0 Å². The highest BCUT2D eigenvalue weighted by Gasteiger charge is 2.23. The van der Waals surface area contributed by atoms with E-state index in [0.29, 0.717) is 6.54 Å². The van der Waals surface area contributed by atoms with E-state index in [1.807, 2.05) is 32.0 Å². The molecule has 0 saturated heterocycles. The van der Waals surface area contributed by atoms with Gasteiger partial charge in [0.15, 0.2) is 0 Å². The van der Waals surface area contributed by atoms with E-state index in [1.54, 1.807) is 0 Å². The molecule has 0 aliphatic carbocycles.